The molecule has 0 aliphatic heterocycles. The minimum atomic E-state index is -0.0471. The van der Waals surface area contributed by atoms with E-state index in [1.165, 1.54) is 0 Å². The highest BCUT2D eigenvalue weighted by molar-refractivity contribution is 5.62. The first kappa shape index (κ1) is 15.3. The van der Waals surface area contributed by atoms with Gasteiger partial charge in [-0.3, -0.25) is 4.79 Å². The lowest BCUT2D eigenvalue weighted by atomic mass is 10.1. The van der Waals surface area contributed by atoms with E-state index in [0.717, 1.165) is 28.1 Å². The fourth-order valence-electron chi connectivity index (χ4n) is 2.17. The molecule has 2 N–H and O–H groups in total. The van der Waals surface area contributed by atoms with Crippen LogP contribution in [0.25, 0.3) is 11.3 Å². The molecule has 1 aromatic carbocycles. The van der Waals surface area contributed by atoms with Crippen molar-refractivity contribution in [2.75, 3.05) is 7.11 Å². The number of aromatic nitrogens is 1. The molecule has 0 unspecified atom stereocenters. The molecule has 1 heterocycles. The molecular formula is C17H22N2O2. The summed E-state index contributed by atoms with van der Waals surface area (Å²) in [4.78, 5) is 15.1. The zero-order valence-electron chi connectivity index (χ0n) is 13.0. The maximum absolute atomic E-state index is 12.1. The number of benzene rings is 1. The molecule has 0 spiro atoms. The number of aromatic amines is 1. The third kappa shape index (κ3) is 3.73. The molecule has 0 aliphatic rings. The number of nitrogens with one attached hydrogen (secondary N) is 2. The molecule has 0 saturated heterocycles. The van der Waals surface area contributed by atoms with E-state index in [1.807, 2.05) is 37.3 Å². The van der Waals surface area contributed by atoms with Gasteiger partial charge in [0.05, 0.1) is 7.11 Å². The second-order valence-electron chi connectivity index (χ2n) is 5.45. The Bertz CT molecular complexity index is 675. The summed E-state index contributed by atoms with van der Waals surface area (Å²) in [7, 11) is 1.65. The van der Waals surface area contributed by atoms with Crippen LogP contribution in [0.5, 0.6) is 5.75 Å². The van der Waals surface area contributed by atoms with E-state index in [9.17, 15) is 4.79 Å². The van der Waals surface area contributed by atoms with Crippen molar-refractivity contribution in [1.82, 2.24) is 10.3 Å². The highest BCUT2D eigenvalue weighted by Gasteiger charge is 2.06. The summed E-state index contributed by atoms with van der Waals surface area (Å²) in [6.07, 6.45) is 0. The summed E-state index contributed by atoms with van der Waals surface area (Å²) in [5.41, 5.74) is 3.54. The summed E-state index contributed by atoms with van der Waals surface area (Å²) < 4.78 is 5.25. The molecule has 2 rings (SSSR count). The van der Waals surface area contributed by atoms with E-state index in [-0.39, 0.29) is 5.56 Å². The second kappa shape index (κ2) is 6.59. The third-order valence-corrected chi connectivity index (χ3v) is 3.40. The van der Waals surface area contributed by atoms with E-state index < -0.39 is 0 Å². The fraction of sp³-hybridized carbons (Fsp3) is 0.353. The van der Waals surface area contributed by atoms with Crippen molar-refractivity contribution in [3.05, 3.63) is 51.8 Å². The summed E-state index contributed by atoms with van der Waals surface area (Å²) >= 11 is 0. The predicted octanol–water partition coefficient (Wildman–Crippen LogP) is 2.86. The second-order valence-corrected chi connectivity index (χ2v) is 5.45. The fourth-order valence-corrected chi connectivity index (χ4v) is 2.17. The molecule has 0 saturated carbocycles. The van der Waals surface area contributed by atoms with Gasteiger partial charge in [0, 0.05) is 23.8 Å². The maximum atomic E-state index is 12.1. The monoisotopic (exact) mass is 286 g/mol. The predicted molar refractivity (Wildman–Crippen MR) is 85.8 cm³/mol. The highest BCUT2D eigenvalue weighted by atomic mass is 16.5. The largest absolute Gasteiger partial charge is 0.496 e. The topological polar surface area (TPSA) is 54.1 Å². The average molecular weight is 286 g/mol. The van der Waals surface area contributed by atoms with Gasteiger partial charge in [0.15, 0.2) is 0 Å². The Kier molecular flexibility index (Phi) is 4.81. The van der Waals surface area contributed by atoms with E-state index in [2.05, 4.69) is 24.1 Å². The quantitative estimate of drug-likeness (QED) is 0.888. The Labute approximate surface area is 125 Å². The summed E-state index contributed by atoms with van der Waals surface area (Å²) in [6.45, 7) is 6.68. The van der Waals surface area contributed by atoms with Gasteiger partial charge in [-0.15, -0.1) is 0 Å². The van der Waals surface area contributed by atoms with Gasteiger partial charge in [0.1, 0.15) is 5.75 Å². The molecule has 0 fully saturated rings. The summed E-state index contributed by atoms with van der Waals surface area (Å²) in [6, 6.07) is 10.0. The normalized spacial score (nSPS) is 10.9. The molecule has 0 bridgehead atoms. The van der Waals surface area contributed by atoms with E-state index >= 15 is 0 Å². The summed E-state index contributed by atoms with van der Waals surface area (Å²) in [5.74, 6) is 0.846. The SMILES string of the molecule is COc1ccc(-c2ccc(CNC(C)C)c(=O)[nH]2)cc1C. The molecule has 112 valence electrons. The first-order valence-electron chi connectivity index (χ1n) is 7.12. The van der Waals surface area contributed by atoms with Crippen LogP contribution in [-0.2, 0) is 6.54 Å². The van der Waals surface area contributed by atoms with Crippen molar-refractivity contribution in [1.29, 1.82) is 0 Å². The van der Waals surface area contributed by atoms with Crippen molar-refractivity contribution in [2.45, 2.75) is 33.4 Å². The Hall–Kier alpha value is -2.07. The first-order valence-corrected chi connectivity index (χ1v) is 7.12. The number of hydrogen-bond acceptors (Lipinski definition) is 3. The lowest BCUT2D eigenvalue weighted by molar-refractivity contribution is 0.412. The zero-order valence-corrected chi connectivity index (χ0v) is 13.0. The Balaban J connectivity index is 2.27. The van der Waals surface area contributed by atoms with Crippen molar-refractivity contribution < 1.29 is 4.74 Å². The molecule has 0 radical (unpaired) electrons. The molecule has 0 atom stereocenters. The van der Waals surface area contributed by atoms with Crippen molar-refractivity contribution in [3.8, 4) is 17.0 Å². The van der Waals surface area contributed by atoms with Crippen LogP contribution in [0.3, 0.4) is 0 Å². The molecule has 4 heteroatoms. The molecular weight excluding hydrogens is 264 g/mol. The first-order chi connectivity index (χ1) is 10.0. The van der Waals surface area contributed by atoms with Gasteiger partial charge in [-0.25, -0.2) is 0 Å². The number of methoxy groups -OCH3 is 1. The number of H-pyrrole nitrogens is 1. The average Bonchev–Trinajstić information content (AvgIpc) is 2.45. The molecule has 21 heavy (non-hydrogen) atoms. The Morgan fingerprint density at radius 2 is 2.00 bits per heavy atom. The van der Waals surface area contributed by atoms with Crippen LogP contribution in [-0.4, -0.2) is 18.1 Å². The number of ether oxygens (including phenoxy) is 1. The molecule has 0 amide bonds. The molecule has 1 aromatic heterocycles. The number of pyridine rings is 1. The van der Waals surface area contributed by atoms with Crippen molar-refractivity contribution in [3.63, 3.8) is 0 Å². The number of aryl methyl sites for hydroxylation is 1. The third-order valence-electron chi connectivity index (χ3n) is 3.40. The smallest absolute Gasteiger partial charge is 0.252 e. The Morgan fingerprint density at radius 3 is 2.57 bits per heavy atom. The molecule has 0 aliphatic carbocycles. The minimum absolute atomic E-state index is 0.0471. The summed E-state index contributed by atoms with van der Waals surface area (Å²) in [5, 5.41) is 3.25. The molecule has 2 aromatic rings. The van der Waals surface area contributed by atoms with E-state index in [1.54, 1.807) is 7.11 Å². The number of rotatable bonds is 5. The van der Waals surface area contributed by atoms with E-state index in [0.29, 0.717) is 12.6 Å². The van der Waals surface area contributed by atoms with Crippen LogP contribution in [0, 0.1) is 6.92 Å². The van der Waals surface area contributed by atoms with Gasteiger partial charge in [0.2, 0.25) is 0 Å². The van der Waals surface area contributed by atoms with Gasteiger partial charge in [-0.1, -0.05) is 19.9 Å². The van der Waals surface area contributed by atoms with Crippen molar-refractivity contribution in [2.24, 2.45) is 0 Å². The van der Waals surface area contributed by atoms with Gasteiger partial charge >= 0.3 is 0 Å². The van der Waals surface area contributed by atoms with Gasteiger partial charge in [0.25, 0.3) is 5.56 Å². The molecule has 4 nitrogen and oxygen atoms in total. The van der Waals surface area contributed by atoms with Crippen LogP contribution < -0.4 is 15.6 Å². The van der Waals surface area contributed by atoms with Gasteiger partial charge in [-0.05, 0) is 42.3 Å². The lowest BCUT2D eigenvalue weighted by Gasteiger charge is -2.10. The van der Waals surface area contributed by atoms with Gasteiger partial charge in [-0.2, -0.15) is 0 Å². The van der Waals surface area contributed by atoms with Crippen LogP contribution in [0.1, 0.15) is 25.0 Å². The number of hydrogen-bond donors (Lipinski definition) is 2. The lowest BCUT2D eigenvalue weighted by Crippen LogP contribution is -2.26. The standard InChI is InChI=1S/C17H22N2O2/c1-11(2)18-10-14-5-7-15(19-17(14)20)13-6-8-16(21-4)12(3)9-13/h5-9,11,18H,10H2,1-4H3,(H,19,20). The van der Waals surface area contributed by atoms with Crippen LogP contribution in [0.2, 0.25) is 0 Å². The minimum Gasteiger partial charge on any atom is -0.496 e. The van der Waals surface area contributed by atoms with Crippen LogP contribution in [0.4, 0.5) is 0 Å². The Morgan fingerprint density at radius 1 is 1.24 bits per heavy atom. The van der Waals surface area contributed by atoms with Crippen LogP contribution >= 0.6 is 0 Å². The van der Waals surface area contributed by atoms with E-state index in [4.69, 9.17) is 4.74 Å². The van der Waals surface area contributed by atoms with Crippen molar-refractivity contribution >= 4 is 0 Å². The van der Waals surface area contributed by atoms with Gasteiger partial charge < -0.3 is 15.0 Å². The maximum Gasteiger partial charge on any atom is 0.252 e. The zero-order chi connectivity index (χ0) is 15.4. The van der Waals surface area contributed by atoms with Crippen LogP contribution in [0.15, 0.2) is 35.1 Å². The highest BCUT2D eigenvalue weighted by Crippen LogP contribution is 2.24.